The largest absolute Gasteiger partial charge is 0.322 e. The molecular weight excluding hydrogens is 300 g/mol. The maximum atomic E-state index is 12.5. The quantitative estimate of drug-likeness (QED) is 0.795. The molecule has 0 aliphatic heterocycles. The van der Waals surface area contributed by atoms with E-state index in [1.807, 2.05) is 68.4 Å². The van der Waals surface area contributed by atoms with Crippen LogP contribution in [0.5, 0.6) is 0 Å². The number of anilines is 1. The summed E-state index contributed by atoms with van der Waals surface area (Å²) in [6.45, 7) is 4.06. The van der Waals surface area contributed by atoms with Crippen LogP contribution < -0.4 is 10.5 Å². The molecule has 0 saturated carbocycles. The number of hydrogen-bond donors (Lipinski definition) is 1. The van der Waals surface area contributed by atoms with Gasteiger partial charge in [-0.05, 0) is 36.1 Å². The highest BCUT2D eigenvalue weighted by molar-refractivity contribution is 5.94. The number of aryl methyl sites for hydroxylation is 1. The van der Waals surface area contributed by atoms with Crippen molar-refractivity contribution in [3.8, 4) is 0 Å². The minimum absolute atomic E-state index is 0.00291. The second-order valence-electron chi connectivity index (χ2n) is 5.83. The Kier molecular flexibility index (Phi) is 4.47. The number of rotatable bonds is 4. The second-order valence-corrected chi connectivity index (χ2v) is 5.83. The molecule has 0 atom stereocenters. The molecule has 1 amide bonds. The Morgan fingerprint density at radius 1 is 1.08 bits per heavy atom. The zero-order valence-electron chi connectivity index (χ0n) is 13.9. The molecule has 0 aliphatic rings. The summed E-state index contributed by atoms with van der Waals surface area (Å²) < 4.78 is 0. The lowest BCUT2D eigenvalue weighted by molar-refractivity contribution is -0.118. The maximum absolute atomic E-state index is 12.5. The van der Waals surface area contributed by atoms with Crippen molar-refractivity contribution in [1.29, 1.82) is 0 Å². The van der Waals surface area contributed by atoms with E-state index in [9.17, 15) is 9.59 Å². The number of hydrogen-bond acceptors (Lipinski definition) is 2. The zero-order chi connectivity index (χ0) is 17.1. The molecule has 3 rings (SSSR count). The number of amides is 1. The summed E-state index contributed by atoms with van der Waals surface area (Å²) in [4.78, 5) is 29.4. The first kappa shape index (κ1) is 16.0. The summed E-state index contributed by atoms with van der Waals surface area (Å²) in [5.41, 5.74) is 3.08. The van der Waals surface area contributed by atoms with Gasteiger partial charge in [0.1, 0.15) is 0 Å². The number of carbonyl (C=O) groups is 1. The Morgan fingerprint density at radius 3 is 2.54 bits per heavy atom. The molecule has 0 unspecified atom stereocenters. The number of benzene rings is 2. The van der Waals surface area contributed by atoms with Crippen molar-refractivity contribution >= 4 is 22.5 Å². The molecule has 4 heteroatoms. The van der Waals surface area contributed by atoms with Crippen LogP contribution in [-0.4, -0.2) is 10.9 Å². The standard InChI is InChI=1S/C20H20N2O2/c1-3-19(23)22(18-11-7-4-8-14(18)2)13-16-12-15-9-5-6-10-17(15)21-20(16)24/h4-12H,3,13H2,1-2H3,(H,21,24). The summed E-state index contributed by atoms with van der Waals surface area (Å²) in [6, 6.07) is 17.2. The molecule has 0 radical (unpaired) electrons. The molecule has 3 aromatic rings. The highest BCUT2D eigenvalue weighted by Gasteiger charge is 2.18. The Morgan fingerprint density at radius 2 is 1.79 bits per heavy atom. The molecule has 2 aromatic carbocycles. The third kappa shape index (κ3) is 3.08. The maximum Gasteiger partial charge on any atom is 0.253 e. The van der Waals surface area contributed by atoms with Gasteiger partial charge in [-0.3, -0.25) is 9.59 Å². The van der Waals surface area contributed by atoms with Crippen LogP contribution in [0.4, 0.5) is 5.69 Å². The van der Waals surface area contributed by atoms with Gasteiger partial charge in [0.05, 0.1) is 6.54 Å². The first-order valence-corrected chi connectivity index (χ1v) is 8.07. The van der Waals surface area contributed by atoms with Gasteiger partial charge >= 0.3 is 0 Å². The minimum Gasteiger partial charge on any atom is -0.322 e. The molecule has 0 bridgehead atoms. The van der Waals surface area contributed by atoms with Crippen molar-refractivity contribution < 1.29 is 4.79 Å². The van der Waals surface area contributed by atoms with Gasteiger partial charge in [0.25, 0.3) is 5.56 Å². The van der Waals surface area contributed by atoms with Gasteiger partial charge in [0.2, 0.25) is 5.91 Å². The lowest BCUT2D eigenvalue weighted by Gasteiger charge is -2.24. The van der Waals surface area contributed by atoms with E-state index in [0.29, 0.717) is 12.0 Å². The van der Waals surface area contributed by atoms with Gasteiger partial charge in [-0.25, -0.2) is 0 Å². The van der Waals surface area contributed by atoms with Crippen LogP contribution in [0.2, 0.25) is 0 Å². The first-order chi connectivity index (χ1) is 11.6. The Balaban J connectivity index is 2.05. The normalized spacial score (nSPS) is 10.8. The summed E-state index contributed by atoms with van der Waals surface area (Å²) in [7, 11) is 0. The number of nitrogens with one attached hydrogen (secondary N) is 1. The highest BCUT2D eigenvalue weighted by atomic mass is 16.2. The molecule has 24 heavy (non-hydrogen) atoms. The topological polar surface area (TPSA) is 53.2 Å². The molecule has 1 aromatic heterocycles. The summed E-state index contributed by atoms with van der Waals surface area (Å²) >= 11 is 0. The van der Waals surface area contributed by atoms with Gasteiger partial charge in [-0.15, -0.1) is 0 Å². The number of nitrogens with zero attached hydrogens (tertiary/aromatic N) is 1. The average molecular weight is 320 g/mol. The van der Waals surface area contributed by atoms with E-state index in [0.717, 1.165) is 22.2 Å². The second kappa shape index (κ2) is 6.71. The van der Waals surface area contributed by atoms with Crippen LogP contribution in [0.1, 0.15) is 24.5 Å². The number of aromatic nitrogens is 1. The number of carbonyl (C=O) groups excluding carboxylic acids is 1. The Hall–Kier alpha value is -2.88. The third-order valence-corrected chi connectivity index (χ3v) is 4.17. The van der Waals surface area contributed by atoms with Crippen molar-refractivity contribution in [3.05, 3.63) is 76.1 Å². The Labute approximate surface area is 140 Å². The predicted molar refractivity (Wildman–Crippen MR) is 97.2 cm³/mol. The van der Waals surface area contributed by atoms with Gasteiger partial charge in [0, 0.05) is 23.2 Å². The molecule has 0 aliphatic carbocycles. The van der Waals surface area contributed by atoms with E-state index in [4.69, 9.17) is 0 Å². The van der Waals surface area contributed by atoms with Crippen LogP contribution >= 0.6 is 0 Å². The fraction of sp³-hybridized carbons (Fsp3) is 0.200. The smallest absolute Gasteiger partial charge is 0.253 e. The number of pyridine rings is 1. The minimum atomic E-state index is -0.156. The summed E-state index contributed by atoms with van der Waals surface area (Å²) in [5.74, 6) is -0.00291. The van der Waals surface area contributed by atoms with Gasteiger partial charge in [-0.2, -0.15) is 0 Å². The van der Waals surface area contributed by atoms with E-state index in [-0.39, 0.29) is 18.0 Å². The molecular formula is C20H20N2O2. The Bertz CT molecular complexity index is 944. The van der Waals surface area contributed by atoms with E-state index in [2.05, 4.69) is 4.98 Å². The van der Waals surface area contributed by atoms with Crippen LogP contribution in [0.25, 0.3) is 10.9 Å². The molecule has 122 valence electrons. The van der Waals surface area contributed by atoms with Crippen molar-refractivity contribution in [2.45, 2.75) is 26.8 Å². The van der Waals surface area contributed by atoms with Crippen LogP contribution in [0.15, 0.2) is 59.4 Å². The first-order valence-electron chi connectivity index (χ1n) is 8.07. The molecule has 1 heterocycles. The van der Waals surface area contributed by atoms with Gasteiger partial charge < -0.3 is 9.88 Å². The van der Waals surface area contributed by atoms with Crippen molar-refractivity contribution in [3.63, 3.8) is 0 Å². The van der Waals surface area contributed by atoms with Crippen LogP contribution in [-0.2, 0) is 11.3 Å². The summed E-state index contributed by atoms with van der Waals surface area (Å²) in [5, 5.41) is 0.959. The van der Waals surface area contributed by atoms with Gasteiger partial charge in [0.15, 0.2) is 0 Å². The van der Waals surface area contributed by atoms with Crippen molar-refractivity contribution in [1.82, 2.24) is 4.98 Å². The van der Waals surface area contributed by atoms with E-state index in [1.165, 1.54) is 0 Å². The number of H-pyrrole nitrogens is 1. The highest BCUT2D eigenvalue weighted by Crippen LogP contribution is 2.22. The van der Waals surface area contributed by atoms with E-state index >= 15 is 0 Å². The zero-order valence-corrected chi connectivity index (χ0v) is 13.9. The number of aromatic amines is 1. The lowest BCUT2D eigenvalue weighted by atomic mass is 10.1. The van der Waals surface area contributed by atoms with Crippen LogP contribution in [0, 0.1) is 6.92 Å². The fourth-order valence-electron chi connectivity index (χ4n) is 2.85. The van der Waals surface area contributed by atoms with Gasteiger partial charge in [-0.1, -0.05) is 43.3 Å². The molecule has 4 nitrogen and oxygen atoms in total. The summed E-state index contributed by atoms with van der Waals surface area (Å²) in [6.07, 6.45) is 0.389. The van der Waals surface area contributed by atoms with E-state index in [1.54, 1.807) is 4.90 Å². The predicted octanol–water partition coefficient (Wildman–Crippen LogP) is 3.78. The monoisotopic (exact) mass is 320 g/mol. The fourth-order valence-corrected chi connectivity index (χ4v) is 2.85. The number of fused-ring (bicyclic) bond motifs is 1. The lowest BCUT2D eigenvalue weighted by Crippen LogP contribution is -2.32. The van der Waals surface area contributed by atoms with Crippen molar-refractivity contribution in [2.24, 2.45) is 0 Å². The molecule has 0 spiro atoms. The van der Waals surface area contributed by atoms with E-state index < -0.39 is 0 Å². The molecule has 0 saturated heterocycles. The third-order valence-electron chi connectivity index (χ3n) is 4.17. The average Bonchev–Trinajstić information content (AvgIpc) is 2.60. The SMILES string of the molecule is CCC(=O)N(Cc1cc2ccccc2[nH]c1=O)c1ccccc1C. The number of para-hydroxylation sites is 2. The molecule has 0 fully saturated rings. The van der Waals surface area contributed by atoms with Crippen LogP contribution in [0.3, 0.4) is 0 Å². The molecule has 1 N–H and O–H groups in total. The van der Waals surface area contributed by atoms with Crippen molar-refractivity contribution in [2.75, 3.05) is 4.90 Å².